The third-order valence-electron chi connectivity index (χ3n) is 2.99. The van der Waals surface area contributed by atoms with Crippen LogP contribution in [-0.4, -0.2) is 54.2 Å². The van der Waals surface area contributed by atoms with Gasteiger partial charge in [-0.3, -0.25) is 4.74 Å². The molecule has 0 heterocycles. The quantitative estimate of drug-likeness (QED) is 0.390. The molecular weight excluding hydrogens is 504 g/mol. The van der Waals surface area contributed by atoms with Crippen LogP contribution in [0.5, 0.6) is 0 Å². The first kappa shape index (κ1) is 28.6. The van der Waals surface area contributed by atoms with E-state index in [-0.39, 0.29) is 0 Å². The molecule has 0 rings (SSSR count). The van der Waals surface area contributed by atoms with E-state index < -0.39 is 54.2 Å². The van der Waals surface area contributed by atoms with E-state index in [1.54, 1.807) is 0 Å². The van der Waals surface area contributed by atoms with Crippen molar-refractivity contribution in [1.82, 2.24) is 0 Å². The van der Waals surface area contributed by atoms with Crippen LogP contribution < -0.4 is 0 Å². The van der Waals surface area contributed by atoms with E-state index in [0.29, 0.717) is 0 Å². The standard InChI is InChI=1S/C9F20O/c10-2(11,3(12,13)7(22,23)24)1(5(16,17)18,6(19,20)21)30-9(28,29)4(14,15)8(25,26)27. The number of hydrogen-bond acceptors (Lipinski definition) is 1. The van der Waals surface area contributed by atoms with Gasteiger partial charge in [-0.15, -0.1) is 0 Å². The summed E-state index contributed by atoms with van der Waals surface area (Å²) in [4.78, 5) is 0. The van der Waals surface area contributed by atoms with Gasteiger partial charge in [0.05, 0.1) is 0 Å². The van der Waals surface area contributed by atoms with Gasteiger partial charge in [-0.25, -0.2) is 0 Å². The summed E-state index contributed by atoms with van der Waals surface area (Å²) in [6.45, 7) is 0. The predicted molar refractivity (Wildman–Crippen MR) is 47.8 cm³/mol. The smallest absolute Gasteiger partial charge is 0.284 e. The van der Waals surface area contributed by atoms with Crippen molar-refractivity contribution in [3.63, 3.8) is 0 Å². The molecule has 0 aromatic carbocycles. The Kier molecular flexibility index (Phi) is 6.45. The lowest BCUT2D eigenvalue weighted by Crippen LogP contribution is -2.78. The van der Waals surface area contributed by atoms with Crippen molar-refractivity contribution in [3.05, 3.63) is 0 Å². The molecule has 0 N–H and O–H groups in total. The van der Waals surface area contributed by atoms with Gasteiger partial charge < -0.3 is 0 Å². The molecule has 30 heavy (non-hydrogen) atoms. The van der Waals surface area contributed by atoms with E-state index in [9.17, 15) is 87.8 Å². The zero-order valence-corrected chi connectivity index (χ0v) is 12.5. The number of ether oxygens (including phenoxy) is 1. The SMILES string of the molecule is FC(F)(F)C(F)(F)C(F)(F)OC(C(F)(F)F)(C(F)(F)F)C(F)(F)C(F)(F)C(F)(F)F. The summed E-state index contributed by atoms with van der Waals surface area (Å²) in [6.07, 6.45) is -41.6. The Morgan fingerprint density at radius 2 is 0.567 bits per heavy atom. The molecule has 0 aliphatic carbocycles. The van der Waals surface area contributed by atoms with E-state index >= 15 is 0 Å². The first-order valence-corrected chi connectivity index (χ1v) is 5.94. The molecule has 0 aliphatic rings. The maximum Gasteiger partial charge on any atom is 0.462 e. The second-order valence-electron chi connectivity index (χ2n) is 5.01. The first-order valence-electron chi connectivity index (χ1n) is 5.94. The van der Waals surface area contributed by atoms with Crippen molar-refractivity contribution in [2.75, 3.05) is 0 Å². The van der Waals surface area contributed by atoms with Gasteiger partial charge in [0.25, 0.3) is 0 Å². The maximum atomic E-state index is 13.3. The summed E-state index contributed by atoms with van der Waals surface area (Å²) in [5.74, 6) is -25.8. The van der Waals surface area contributed by atoms with Crippen molar-refractivity contribution in [3.8, 4) is 0 Å². The summed E-state index contributed by atoms with van der Waals surface area (Å²) in [5.41, 5.74) is -8.91. The molecule has 0 atom stereocenters. The summed E-state index contributed by atoms with van der Waals surface area (Å²) in [6, 6.07) is 0. The predicted octanol–water partition coefficient (Wildman–Crippen LogP) is 6.49. The molecule has 0 saturated heterocycles. The Bertz CT molecular complexity index is 598. The minimum absolute atomic E-state index is 0.909. The average Bonchev–Trinajstić information content (AvgIpc) is 2.38. The molecule has 0 aromatic rings. The second kappa shape index (κ2) is 6.78. The maximum absolute atomic E-state index is 13.3. The van der Waals surface area contributed by atoms with Crippen LogP contribution in [0.2, 0.25) is 0 Å². The minimum Gasteiger partial charge on any atom is -0.284 e. The van der Waals surface area contributed by atoms with E-state index in [0.717, 1.165) is 4.74 Å². The molecule has 0 unspecified atom stereocenters. The molecule has 0 fully saturated rings. The second-order valence-corrected chi connectivity index (χ2v) is 5.01. The number of rotatable bonds is 5. The Morgan fingerprint density at radius 1 is 0.300 bits per heavy atom. The van der Waals surface area contributed by atoms with Gasteiger partial charge in [-0.2, -0.15) is 87.8 Å². The van der Waals surface area contributed by atoms with Gasteiger partial charge in [0, 0.05) is 0 Å². The molecule has 0 aliphatic heterocycles. The van der Waals surface area contributed by atoms with Crippen molar-refractivity contribution in [2.45, 2.75) is 54.2 Å². The Labute approximate surface area is 148 Å². The number of halogens is 20. The topological polar surface area (TPSA) is 9.23 Å². The monoisotopic (exact) mass is 504 g/mol. The molecule has 0 bridgehead atoms. The fraction of sp³-hybridized carbons (Fsp3) is 1.00. The largest absolute Gasteiger partial charge is 0.462 e. The molecule has 0 aromatic heterocycles. The van der Waals surface area contributed by atoms with Gasteiger partial charge in [-0.1, -0.05) is 0 Å². The van der Waals surface area contributed by atoms with Crippen LogP contribution >= 0.6 is 0 Å². The van der Waals surface area contributed by atoms with Gasteiger partial charge in [0.1, 0.15) is 0 Å². The molecule has 0 amide bonds. The summed E-state index contributed by atoms with van der Waals surface area (Å²) < 4.78 is 251. The van der Waals surface area contributed by atoms with E-state index in [2.05, 4.69) is 0 Å². The van der Waals surface area contributed by atoms with Crippen LogP contribution in [0, 0.1) is 0 Å². The summed E-state index contributed by atoms with van der Waals surface area (Å²) in [5, 5.41) is 0. The molecule has 1 nitrogen and oxygen atoms in total. The van der Waals surface area contributed by atoms with Crippen LogP contribution in [0.25, 0.3) is 0 Å². The lowest BCUT2D eigenvalue weighted by Gasteiger charge is -2.46. The highest BCUT2D eigenvalue weighted by atomic mass is 19.4. The van der Waals surface area contributed by atoms with E-state index in [1.165, 1.54) is 0 Å². The van der Waals surface area contributed by atoms with Gasteiger partial charge in [0.15, 0.2) is 0 Å². The van der Waals surface area contributed by atoms with Crippen molar-refractivity contribution in [1.29, 1.82) is 0 Å². The van der Waals surface area contributed by atoms with Crippen LogP contribution in [0.15, 0.2) is 0 Å². The molecule has 0 radical (unpaired) electrons. The third-order valence-corrected chi connectivity index (χ3v) is 2.99. The Balaban J connectivity index is 7.36. The molecule has 21 heteroatoms. The van der Waals surface area contributed by atoms with Crippen LogP contribution in [0.3, 0.4) is 0 Å². The van der Waals surface area contributed by atoms with Gasteiger partial charge in [-0.05, 0) is 0 Å². The first-order chi connectivity index (χ1) is 12.5. The normalized spacial score (nSPS) is 16.8. The fourth-order valence-corrected chi connectivity index (χ4v) is 1.52. The van der Waals surface area contributed by atoms with Gasteiger partial charge >= 0.3 is 54.2 Å². The average molecular weight is 504 g/mol. The summed E-state index contributed by atoms with van der Waals surface area (Å²) in [7, 11) is 0. The molecule has 0 saturated carbocycles. The van der Waals surface area contributed by atoms with Crippen molar-refractivity contribution < 1.29 is 92.5 Å². The fourth-order valence-electron chi connectivity index (χ4n) is 1.52. The van der Waals surface area contributed by atoms with Crippen LogP contribution in [0.4, 0.5) is 87.8 Å². The van der Waals surface area contributed by atoms with E-state index in [4.69, 9.17) is 0 Å². The number of alkyl halides is 20. The van der Waals surface area contributed by atoms with Crippen LogP contribution in [0.1, 0.15) is 0 Å². The highest BCUT2D eigenvalue weighted by Gasteiger charge is 2.96. The number of hydrogen-bond donors (Lipinski definition) is 0. The molecular formula is C9F20O. The van der Waals surface area contributed by atoms with Crippen LogP contribution in [-0.2, 0) is 4.74 Å². The zero-order chi connectivity index (χ0) is 25.2. The Morgan fingerprint density at radius 3 is 0.767 bits per heavy atom. The molecule has 182 valence electrons. The zero-order valence-electron chi connectivity index (χ0n) is 12.5. The summed E-state index contributed by atoms with van der Waals surface area (Å²) >= 11 is 0. The van der Waals surface area contributed by atoms with Crippen molar-refractivity contribution in [2.24, 2.45) is 0 Å². The Hall–Kier alpha value is -1.44. The van der Waals surface area contributed by atoms with Gasteiger partial charge in [0.2, 0.25) is 0 Å². The highest BCUT2D eigenvalue weighted by Crippen LogP contribution is 2.64. The molecule has 0 spiro atoms. The lowest BCUT2D eigenvalue weighted by atomic mass is 9.87. The third kappa shape index (κ3) is 3.80. The van der Waals surface area contributed by atoms with E-state index in [1.807, 2.05) is 0 Å². The highest BCUT2D eigenvalue weighted by molar-refractivity contribution is 5.14. The lowest BCUT2D eigenvalue weighted by molar-refractivity contribution is -0.540. The van der Waals surface area contributed by atoms with Crippen molar-refractivity contribution >= 4 is 0 Å². The minimum atomic E-state index is -9.00.